The molecule has 2 rings (SSSR count). The highest BCUT2D eigenvalue weighted by Gasteiger charge is 2.44. The summed E-state index contributed by atoms with van der Waals surface area (Å²) in [5.41, 5.74) is 0.632. The van der Waals surface area contributed by atoms with E-state index in [9.17, 15) is 4.79 Å². The molecule has 0 amide bonds. The first-order valence-electron chi connectivity index (χ1n) is 6.62. The lowest BCUT2D eigenvalue weighted by atomic mass is 9.77. The molecule has 0 bridgehead atoms. The average molecular weight is 374 g/mol. The van der Waals surface area contributed by atoms with Crippen molar-refractivity contribution in [2.45, 2.75) is 32.8 Å². The molecule has 1 aliphatic rings. The van der Waals surface area contributed by atoms with Crippen LogP contribution >= 0.6 is 22.6 Å². The molecular formula is C15H19IO3. The Morgan fingerprint density at radius 3 is 2.53 bits per heavy atom. The van der Waals surface area contributed by atoms with Crippen LogP contribution in [0.15, 0.2) is 24.3 Å². The molecule has 3 nitrogen and oxygen atoms in total. The Morgan fingerprint density at radius 2 is 2.05 bits per heavy atom. The van der Waals surface area contributed by atoms with Crippen LogP contribution in [0.3, 0.4) is 0 Å². The van der Waals surface area contributed by atoms with E-state index in [-0.39, 0.29) is 17.5 Å². The summed E-state index contributed by atoms with van der Waals surface area (Å²) in [5.74, 6) is -0.244. The number of hydrogen-bond donors (Lipinski definition) is 0. The first-order valence-corrected chi connectivity index (χ1v) is 7.69. The van der Waals surface area contributed by atoms with Crippen LogP contribution in [0.4, 0.5) is 0 Å². The zero-order valence-corrected chi connectivity index (χ0v) is 13.5. The highest BCUT2D eigenvalue weighted by molar-refractivity contribution is 14.1. The van der Waals surface area contributed by atoms with Crippen LogP contribution in [0.1, 0.15) is 37.0 Å². The molecular weight excluding hydrogens is 355 g/mol. The first kappa shape index (κ1) is 14.8. The van der Waals surface area contributed by atoms with Gasteiger partial charge in [-0.1, -0.05) is 13.3 Å². The third kappa shape index (κ3) is 3.28. The lowest BCUT2D eigenvalue weighted by Crippen LogP contribution is -2.51. The number of halogens is 1. The van der Waals surface area contributed by atoms with Gasteiger partial charge < -0.3 is 9.47 Å². The van der Waals surface area contributed by atoms with Crippen molar-refractivity contribution >= 4 is 28.6 Å². The number of ether oxygens (including phenoxy) is 2. The van der Waals surface area contributed by atoms with Gasteiger partial charge in [-0.15, -0.1) is 0 Å². The number of carbonyl (C=O) groups is 1. The fourth-order valence-electron chi connectivity index (χ4n) is 2.38. The molecule has 0 aliphatic carbocycles. The van der Waals surface area contributed by atoms with Gasteiger partial charge in [0.25, 0.3) is 0 Å². The highest BCUT2D eigenvalue weighted by Crippen LogP contribution is 2.38. The molecule has 1 atom stereocenters. The standard InChI is InChI=1S/C15H19IO3/c1-3-8-15(9-18-10-15)11(2)19-14(17)12-4-6-13(16)7-5-12/h4-7,11H,3,8-10H2,1-2H3. The topological polar surface area (TPSA) is 35.5 Å². The predicted molar refractivity (Wildman–Crippen MR) is 82.2 cm³/mol. The maximum atomic E-state index is 12.1. The molecule has 0 N–H and O–H groups in total. The second kappa shape index (κ2) is 6.22. The maximum absolute atomic E-state index is 12.1. The van der Waals surface area contributed by atoms with E-state index in [1.807, 2.05) is 19.1 Å². The Labute approximate surface area is 127 Å². The van der Waals surface area contributed by atoms with Gasteiger partial charge in [-0.3, -0.25) is 0 Å². The predicted octanol–water partition coefficient (Wildman–Crippen LogP) is 3.65. The lowest BCUT2D eigenvalue weighted by molar-refractivity contribution is -0.171. The summed E-state index contributed by atoms with van der Waals surface area (Å²) in [6.07, 6.45) is 2.01. The second-order valence-electron chi connectivity index (χ2n) is 5.16. The Morgan fingerprint density at radius 1 is 1.42 bits per heavy atom. The fraction of sp³-hybridized carbons (Fsp3) is 0.533. The third-order valence-electron chi connectivity index (χ3n) is 3.75. The summed E-state index contributed by atoms with van der Waals surface area (Å²) in [5, 5.41) is 0. The van der Waals surface area contributed by atoms with E-state index in [4.69, 9.17) is 9.47 Å². The van der Waals surface area contributed by atoms with Crippen molar-refractivity contribution < 1.29 is 14.3 Å². The van der Waals surface area contributed by atoms with E-state index >= 15 is 0 Å². The van der Waals surface area contributed by atoms with Gasteiger partial charge in [-0.2, -0.15) is 0 Å². The van der Waals surface area contributed by atoms with E-state index in [0.29, 0.717) is 18.8 Å². The van der Waals surface area contributed by atoms with Gasteiger partial charge in [-0.25, -0.2) is 4.79 Å². The normalized spacial score (nSPS) is 18.5. The number of hydrogen-bond acceptors (Lipinski definition) is 3. The zero-order chi connectivity index (χ0) is 13.9. The SMILES string of the molecule is CCCC1(C(C)OC(=O)c2ccc(I)cc2)COC1. The monoisotopic (exact) mass is 374 g/mol. The van der Waals surface area contributed by atoms with E-state index in [0.717, 1.165) is 16.4 Å². The molecule has 1 aromatic rings. The van der Waals surface area contributed by atoms with Gasteiger partial charge >= 0.3 is 5.97 Å². The van der Waals surface area contributed by atoms with Crippen LogP contribution in [-0.2, 0) is 9.47 Å². The molecule has 1 heterocycles. The van der Waals surface area contributed by atoms with Gasteiger partial charge in [0.15, 0.2) is 0 Å². The van der Waals surface area contributed by atoms with E-state index in [2.05, 4.69) is 29.5 Å². The molecule has 1 aromatic carbocycles. The van der Waals surface area contributed by atoms with Crippen LogP contribution in [0.5, 0.6) is 0 Å². The number of carbonyl (C=O) groups excluding carboxylic acids is 1. The van der Waals surface area contributed by atoms with Crippen LogP contribution in [-0.4, -0.2) is 25.3 Å². The van der Waals surface area contributed by atoms with Crippen LogP contribution in [0.25, 0.3) is 0 Å². The quantitative estimate of drug-likeness (QED) is 0.583. The minimum absolute atomic E-state index is 0.0214. The van der Waals surface area contributed by atoms with Gasteiger partial charge in [0, 0.05) is 3.57 Å². The van der Waals surface area contributed by atoms with E-state index in [1.54, 1.807) is 12.1 Å². The van der Waals surface area contributed by atoms with E-state index in [1.165, 1.54) is 0 Å². The van der Waals surface area contributed by atoms with Gasteiger partial charge in [0.1, 0.15) is 6.10 Å². The van der Waals surface area contributed by atoms with E-state index < -0.39 is 0 Å². The largest absolute Gasteiger partial charge is 0.458 e. The molecule has 1 saturated heterocycles. The van der Waals surface area contributed by atoms with Crippen LogP contribution < -0.4 is 0 Å². The van der Waals surface area contributed by atoms with Crippen molar-refractivity contribution in [1.82, 2.24) is 0 Å². The minimum atomic E-state index is -0.244. The molecule has 1 aliphatic heterocycles. The zero-order valence-electron chi connectivity index (χ0n) is 11.3. The molecule has 1 unspecified atom stereocenters. The number of benzene rings is 1. The molecule has 1 fully saturated rings. The van der Waals surface area contributed by atoms with Crippen LogP contribution in [0, 0.1) is 8.99 Å². The molecule has 4 heteroatoms. The highest BCUT2D eigenvalue weighted by atomic mass is 127. The van der Waals surface area contributed by atoms with Crippen molar-refractivity contribution in [3.63, 3.8) is 0 Å². The summed E-state index contributed by atoms with van der Waals surface area (Å²) >= 11 is 2.22. The Hall–Kier alpha value is -0.620. The van der Waals surface area contributed by atoms with Gasteiger partial charge in [-0.05, 0) is 60.2 Å². The molecule has 0 aromatic heterocycles. The van der Waals surface area contributed by atoms with Gasteiger partial charge in [0.05, 0.1) is 24.2 Å². The summed E-state index contributed by atoms with van der Waals surface area (Å²) in [7, 11) is 0. The summed E-state index contributed by atoms with van der Waals surface area (Å²) in [4.78, 5) is 12.1. The molecule has 0 spiro atoms. The van der Waals surface area contributed by atoms with Crippen molar-refractivity contribution in [3.05, 3.63) is 33.4 Å². The minimum Gasteiger partial charge on any atom is -0.458 e. The smallest absolute Gasteiger partial charge is 0.338 e. The third-order valence-corrected chi connectivity index (χ3v) is 4.47. The fourth-order valence-corrected chi connectivity index (χ4v) is 2.74. The first-order chi connectivity index (χ1) is 9.07. The molecule has 19 heavy (non-hydrogen) atoms. The number of esters is 1. The number of rotatable bonds is 5. The van der Waals surface area contributed by atoms with Crippen LogP contribution in [0.2, 0.25) is 0 Å². The van der Waals surface area contributed by atoms with Crippen molar-refractivity contribution in [1.29, 1.82) is 0 Å². The summed E-state index contributed by atoms with van der Waals surface area (Å²) < 4.78 is 12.0. The summed E-state index contributed by atoms with van der Waals surface area (Å²) in [6.45, 7) is 5.51. The summed E-state index contributed by atoms with van der Waals surface area (Å²) in [6, 6.07) is 7.44. The van der Waals surface area contributed by atoms with Crippen molar-refractivity contribution in [2.75, 3.05) is 13.2 Å². The second-order valence-corrected chi connectivity index (χ2v) is 6.41. The van der Waals surface area contributed by atoms with Gasteiger partial charge in [0.2, 0.25) is 0 Å². The molecule has 0 radical (unpaired) electrons. The van der Waals surface area contributed by atoms with Crippen molar-refractivity contribution in [3.8, 4) is 0 Å². The molecule has 0 saturated carbocycles. The average Bonchev–Trinajstić information content (AvgIpc) is 2.34. The Balaban J connectivity index is 2.00. The Bertz CT molecular complexity index is 437. The lowest BCUT2D eigenvalue weighted by Gasteiger charge is -2.45. The maximum Gasteiger partial charge on any atom is 0.338 e. The van der Waals surface area contributed by atoms with Crippen molar-refractivity contribution in [2.24, 2.45) is 5.41 Å². The molecule has 104 valence electrons. The Kier molecular flexibility index (Phi) is 4.84.